The third-order valence-electron chi connectivity index (χ3n) is 4.91. The molecule has 0 atom stereocenters. The number of hydrogen-bond donors (Lipinski definition) is 2. The smallest absolute Gasteiger partial charge is 0.225 e. The number of nitrogens with one attached hydrogen (secondary N) is 1. The Bertz CT molecular complexity index is 1180. The molecule has 2 heterocycles. The highest BCUT2D eigenvalue weighted by molar-refractivity contribution is 5.99. The van der Waals surface area contributed by atoms with Crippen molar-refractivity contribution < 1.29 is 9.13 Å². The predicted octanol–water partition coefficient (Wildman–Crippen LogP) is 3.79. The molecule has 1 fully saturated rings. The molecule has 3 N–H and O–H groups in total. The Morgan fingerprint density at radius 3 is 2.45 bits per heavy atom. The molecule has 0 unspecified atom stereocenters. The number of nitrogens with zero attached hydrogens (tertiary/aromatic N) is 4. The number of benzene rings is 2. The van der Waals surface area contributed by atoms with Gasteiger partial charge in [0.1, 0.15) is 17.4 Å². The van der Waals surface area contributed by atoms with Crippen molar-refractivity contribution in [2.45, 2.75) is 18.9 Å². The number of anilines is 2. The summed E-state index contributed by atoms with van der Waals surface area (Å²) < 4.78 is 20.3. The molecule has 29 heavy (non-hydrogen) atoms. The van der Waals surface area contributed by atoms with Gasteiger partial charge in [-0.2, -0.15) is 4.98 Å². The molecule has 1 aliphatic rings. The minimum atomic E-state index is -0.308. The zero-order chi connectivity index (χ0) is 20.0. The molecule has 0 saturated heterocycles. The first-order chi connectivity index (χ1) is 14.1. The number of ether oxygens (including phenoxy) is 1. The molecule has 1 saturated carbocycles. The van der Waals surface area contributed by atoms with E-state index in [0.717, 1.165) is 29.8 Å². The lowest BCUT2D eigenvalue weighted by atomic mass is 10.1. The van der Waals surface area contributed by atoms with Crippen LogP contribution in [0.4, 0.5) is 16.2 Å². The predicted molar refractivity (Wildman–Crippen MR) is 110 cm³/mol. The Morgan fingerprint density at radius 1 is 1.07 bits per heavy atom. The number of hydrogen-bond acceptors (Lipinski definition) is 6. The van der Waals surface area contributed by atoms with E-state index in [9.17, 15) is 4.39 Å². The van der Waals surface area contributed by atoms with Gasteiger partial charge in [-0.1, -0.05) is 0 Å². The third-order valence-corrected chi connectivity index (χ3v) is 4.91. The van der Waals surface area contributed by atoms with Crippen LogP contribution in [0.25, 0.3) is 28.0 Å². The lowest BCUT2D eigenvalue weighted by molar-refractivity contribution is 0.414. The molecular formula is C21H19FN6O. The Kier molecular flexibility index (Phi) is 4.04. The van der Waals surface area contributed by atoms with Crippen molar-refractivity contribution >= 4 is 22.8 Å². The molecule has 2 aromatic heterocycles. The Hall–Kier alpha value is -3.68. The summed E-state index contributed by atoms with van der Waals surface area (Å²) in [7, 11) is 1.62. The molecule has 8 heteroatoms. The highest BCUT2D eigenvalue weighted by Crippen LogP contribution is 2.34. The van der Waals surface area contributed by atoms with Crippen molar-refractivity contribution in [1.82, 2.24) is 19.7 Å². The van der Waals surface area contributed by atoms with Gasteiger partial charge < -0.3 is 15.8 Å². The number of aromatic nitrogens is 4. The van der Waals surface area contributed by atoms with E-state index in [1.807, 2.05) is 24.3 Å². The van der Waals surface area contributed by atoms with E-state index in [4.69, 9.17) is 10.5 Å². The van der Waals surface area contributed by atoms with Gasteiger partial charge in [-0.05, 0) is 61.4 Å². The summed E-state index contributed by atoms with van der Waals surface area (Å²) in [5.41, 5.74) is 9.10. The molecule has 7 nitrogen and oxygen atoms in total. The quantitative estimate of drug-likeness (QED) is 0.539. The zero-order valence-corrected chi connectivity index (χ0v) is 15.8. The molecule has 0 bridgehead atoms. The number of rotatable bonds is 5. The third kappa shape index (κ3) is 3.22. The molecule has 0 aliphatic heterocycles. The van der Waals surface area contributed by atoms with Crippen LogP contribution in [0.15, 0.2) is 48.5 Å². The zero-order valence-electron chi connectivity index (χ0n) is 15.8. The first kappa shape index (κ1) is 17.4. The average Bonchev–Trinajstić information content (AvgIpc) is 3.49. The second-order valence-corrected chi connectivity index (χ2v) is 7.02. The van der Waals surface area contributed by atoms with E-state index in [1.165, 1.54) is 12.1 Å². The van der Waals surface area contributed by atoms with Gasteiger partial charge in [0.25, 0.3) is 0 Å². The lowest BCUT2D eigenvalue weighted by Crippen LogP contribution is -2.06. The van der Waals surface area contributed by atoms with Gasteiger partial charge in [-0.15, -0.1) is 5.10 Å². The standard InChI is InChI=1S/C21H19FN6O/c1-29-16-10-8-15(9-11-16)28-19(23)17-18(12-2-4-13(22)5-3-12)25-21(24-14-6-7-14)26-20(17)27-28/h2-5,8-11,14H,6-7,23H2,1H3,(H,24,26,27). The van der Waals surface area contributed by atoms with Crippen LogP contribution in [0, 0.1) is 5.82 Å². The first-order valence-corrected chi connectivity index (χ1v) is 9.35. The van der Waals surface area contributed by atoms with Crippen LogP contribution < -0.4 is 15.8 Å². The normalized spacial score (nSPS) is 13.6. The van der Waals surface area contributed by atoms with E-state index < -0.39 is 0 Å². The summed E-state index contributed by atoms with van der Waals surface area (Å²) in [5, 5.41) is 8.56. The summed E-state index contributed by atoms with van der Waals surface area (Å²) in [6.07, 6.45) is 2.19. The van der Waals surface area contributed by atoms with Gasteiger partial charge in [0.2, 0.25) is 5.95 Å². The summed E-state index contributed by atoms with van der Waals surface area (Å²) in [4.78, 5) is 9.25. The minimum Gasteiger partial charge on any atom is -0.497 e. The fourth-order valence-corrected chi connectivity index (χ4v) is 3.22. The Balaban J connectivity index is 1.70. The summed E-state index contributed by atoms with van der Waals surface area (Å²) in [6.45, 7) is 0. The fourth-order valence-electron chi connectivity index (χ4n) is 3.22. The highest BCUT2D eigenvalue weighted by atomic mass is 19.1. The molecule has 1 aliphatic carbocycles. The van der Waals surface area contributed by atoms with E-state index in [1.54, 1.807) is 23.9 Å². The second kappa shape index (κ2) is 6.73. The first-order valence-electron chi connectivity index (χ1n) is 9.35. The van der Waals surface area contributed by atoms with Crippen LogP contribution in [0.5, 0.6) is 5.75 Å². The number of halogens is 1. The Morgan fingerprint density at radius 2 is 1.79 bits per heavy atom. The van der Waals surface area contributed by atoms with Crippen molar-refractivity contribution in [1.29, 1.82) is 0 Å². The molecule has 5 rings (SSSR count). The van der Waals surface area contributed by atoms with Crippen LogP contribution in [0.1, 0.15) is 12.8 Å². The molecule has 0 radical (unpaired) electrons. The molecule has 4 aromatic rings. The van der Waals surface area contributed by atoms with Crippen molar-refractivity contribution in [3.05, 3.63) is 54.3 Å². The van der Waals surface area contributed by atoms with Gasteiger partial charge >= 0.3 is 0 Å². The van der Waals surface area contributed by atoms with Crippen molar-refractivity contribution in [3.63, 3.8) is 0 Å². The number of methoxy groups -OCH3 is 1. The van der Waals surface area contributed by atoms with E-state index in [0.29, 0.717) is 34.5 Å². The van der Waals surface area contributed by atoms with Crippen molar-refractivity contribution in [2.24, 2.45) is 0 Å². The van der Waals surface area contributed by atoms with Crippen molar-refractivity contribution in [2.75, 3.05) is 18.2 Å². The molecule has 0 spiro atoms. The van der Waals surface area contributed by atoms with Gasteiger partial charge in [-0.3, -0.25) is 0 Å². The van der Waals surface area contributed by atoms with Gasteiger partial charge in [0.05, 0.1) is 23.9 Å². The maximum Gasteiger partial charge on any atom is 0.225 e. The van der Waals surface area contributed by atoms with Crippen molar-refractivity contribution in [3.8, 4) is 22.7 Å². The molecule has 0 amide bonds. The van der Waals surface area contributed by atoms with Crippen LogP contribution >= 0.6 is 0 Å². The highest BCUT2D eigenvalue weighted by Gasteiger charge is 2.24. The van der Waals surface area contributed by atoms with Gasteiger partial charge in [0.15, 0.2) is 5.65 Å². The molecule has 146 valence electrons. The second-order valence-electron chi connectivity index (χ2n) is 7.02. The average molecular weight is 390 g/mol. The lowest BCUT2D eigenvalue weighted by Gasteiger charge is -2.08. The van der Waals surface area contributed by atoms with E-state index >= 15 is 0 Å². The van der Waals surface area contributed by atoms with Crippen LogP contribution in [0.3, 0.4) is 0 Å². The molecule has 2 aromatic carbocycles. The summed E-state index contributed by atoms with van der Waals surface area (Å²) in [6, 6.07) is 14.0. The minimum absolute atomic E-state index is 0.308. The maximum atomic E-state index is 13.4. The number of nitrogen functional groups attached to an aromatic ring is 1. The number of fused-ring (bicyclic) bond motifs is 1. The van der Waals surface area contributed by atoms with Crippen LogP contribution in [0.2, 0.25) is 0 Å². The van der Waals surface area contributed by atoms with Gasteiger partial charge in [0, 0.05) is 11.6 Å². The van der Waals surface area contributed by atoms with Gasteiger partial charge in [-0.25, -0.2) is 14.1 Å². The topological polar surface area (TPSA) is 90.9 Å². The largest absolute Gasteiger partial charge is 0.497 e. The monoisotopic (exact) mass is 390 g/mol. The number of nitrogens with two attached hydrogens (primary N) is 1. The SMILES string of the molecule is COc1ccc(-n2nc3nc(NC4CC4)nc(-c4ccc(F)cc4)c3c2N)cc1. The van der Waals surface area contributed by atoms with Crippen LogP contribution in [-0.4, -0.2) is 32.9 Å². The fraction of sp³-hybridized carbons (Fsp3) is 0.190. The Labute approximate surface area is 166 Å². The van der Waals surface area contributed by atoms with E-state index in [-0.39, 0.29) is 5.82 Å². The maximum absolute atomic E-state index is 13.4. The summed E-state index contributed by atoms with van der Waals surface area (Å²) in [5.74, 6) is 1.35. The van der Waals surface area contributed by atoms with E-state index in [2.05, 4.69) is 20.4 Å². The summed E-state index contributed by atoms with van der Waals surface area (Å²) >= 11 is 0. The molecular weight excluding hydrogens is 371 g/mol. The van der Waals surface area contributed by atoms with Crippen LogP contribution in [-0.2, 0) is 0 Å².